The van der Waals surface area contributed by atoms with Crippen LogP contribution < -0.4 is 10.5 Å². The van der Waals surface area contributed by atoms with Gasteiger partial charge in [0.05, 0.1) is 0 Å². The number of aromatic nitrogens is 1. The zero-order valence-electron chi connectivity index (χ0n) is 10.2. The Balaban J connectivity index is 2.17. The van der Waals surface area contributed by atoms with E-state index < -0.39 is 10.0 Å². The van der Waals surface area contributed by atoms with Crippen LogP contribution in [-0.2, 0) is 10.0 Å². The van der Waals surface area contributed by atoms with Gasteiger partial charge in [-0.3, -0.25) is 4.98 Å². The first kappa shape index (κ1) is 14.7. The van der Waals surface area contributed by atoms with Gasteiger partial charge in [0.15, 0.2) is 0 Å². The van der Waals surface area contributed by atoms with Gasteiger partial charge in [-0.25, -0.2) is 13.1 Å². The summed E-state index contributed by atoms with van der Waals surface area (Å²) < 4.78 is 27.1. The summed E-state index contributed by atoms with van der Waals surface area (Å²) in [5, 5.41) is 0. The highest BCUT2D eigenvalue weighted by atomic mass is 32.2. The van der Waals surface area contributed by atoms with Gasteiger partial charge >= 0.3 is 0 Å². The number of thiocarbonyl (C=S) groups is 1. The summed E-state index contributed by atoms with van der Waals surface area (Å²) in [7, 11) is -3.61. The van der Waals surface area contributed by atoms with Crippen LogP contribution in [0.3, 0.4) is 0 Å². The molecule has 104 valence electrons. The van der Waals surface area contributed by atoms with E-state index in [1.165, 1.54) is 12.3 Å². The highest BCUT2D eigenvalue weighted by Gasteiger charge is 2.23. The summed E-state index contributed by atoms with van der Waals surface area (Å²) in [5.41, 5.74) is 5.65. The summed E-state index contributed by atoms with van der Waals surface area (Å²) in [6, 6.07) is 3.02. The Morgan fingerprint density at radius 2 is 2.42 bits per heavy atom. The predicted octanol–water partition coefficient (Wildman–Crippen LogP) is 0.747. The summed E-state index contributed by atoms with van der Waals surface area (Å²) in [6.45, 7) is 0.445. The normalized spacial score (nSPS) is 19.5. The lowest BCUT2D eigenvalue weighted by molar-refractivity contribution is 0.545. The van der Waals surface area contributed by atoms with Crippen molar-refractivity contribution in [3.8, 4) is 0 Å². The maximum absolute atomic E-state index is 12.2. The SMILES string of the molecule is NC(=S)c1ncccc1S(=O)(=O)NCC1CCSC1. The smallest absolute Gasteiger partial charge is 0.242 e. The molecule has 1 aliphatic heterocycles. The van der Waals surface area contributed by atoms with E-state index in [0.717, 1.165) is 17.9 Å². The molecule has 0 radical (unpaired) electrons. The second-order valence-corrected chi connectivity index (χ2v) is 7.62. The maximum Gasteiger partial charge on any atom is 0.242 e. The average Bonchev–Trinajstić information content (AvgIpc) is 2.89. The molecule has 5 nitrogen and oxygen atoms in total. The summed E-state index contributed by atoms with van der Waals surface area (Å²) in [4.78, 5) is 3.97. The fourth-order valence-corrected chi connectivity index (χ4v) is 4.64. The van der Waals surface area contributed by atoms with E-state index in [0.29, 0.717) is 12.5 Å². The average molecular weight is 317 g/mol. The van der Waals surface area contributed by atoms with Gasteiger partial charge in [0.2, 0.25) is 10.0 Å². The molecule has 1 atom stereocenters. The quantitative estimate of drug-likeness (QED) is 0.780. The molecule has 1 aromatic heterocycles. The lowest BCUT2D eigenvalue weighted by Gasteiger charge is -2.12. The number of hydrogen-bond acceptors (Lipinski definition) is 5. The van der Waals surface area contributed by atoms with E-state index in [4.69, 9.17) is 18.0 Å². The minimum absolute atomic E-state index is 0.0163. The number of sulfonamides is 1. The predicted molar refractivity (Wildman–Crippen MR) is 80.7 cm³/mol. The third-order valence-electron chi connectivity index (χ3n) is 2.88. The van der Waals surface area contributed by atoms with Crippen LogP contribution >= 0.6 is 24.0 Å². The second-order valence-electron chi connectivity index (χ2n) is 4.30. The molecule has 1 fully saturated rings. The Bertz CT molecular complexity index is 568. The number of pyridine rings is 1. The van der Waals surface area contributed by atoms with E-state index in [-0.39, 0.29) is 15.6 Å². The van der Waals surface area contributed by atoms with Crippen molar-refractivity contribution in [3.63, 3.8) is 0 Å². The molecule has 1 unspecified atom stereocenters. The number of nitrogens with one attached hydrogen (secondary N) is 1. The maximum atomic E-state index is 12.2. The molecular formula is C11H15N3O2S3. The number of thioether (sulfide) groups is 1. The molecule has 1 aliphatic rings. The molecule has 8 heteroatoms. The van der Waals surface area contributed by atoms with Crippen LogP contribution in [0.5, 0.6) is 0 Å². The van der Waals surface area contributed by atoms with Gasteiger partial charge in [-0.05, 0) is 36.0 Å². The molecule has 19 heavy (non-hydrogen) atoms. The van der Waals surface area contributed by atoms with Crippen molar-refractivity contribution in [1.82, 2.24) is 9.71 Å². The highest BCUT2D eigenvalue weighted by Crippen LogP contribution is 2.23. The Hall–Kier alpha value is -0.700. The lowest BCUT2D eigenvalue weighted by atomic mass is 10.1. The molecule has 0 spiro atoms. The van der Waals surface area contributed by atoms with Crippen molar-refractivity contribution in [3.05, 3.63) is 24.0 Å². The minimum atomic E-state index is -3.61. The molecule has 1 saturated heterocycles. The summed E-state index contributed by atoms with van der Waals surface area (Å²) in [6.07, 6.45) is 2.52. The van der Waals surface area contributed by atoms with E-state index >= 15 is 0 Å². The zero-order chi connectivity index (χ0) is 13.9. The van der Waals surface area contributed by atoms with Crippen molar-refractivity contribution in [2.24, 2.45) is 11.7 Å². The third kappa shape index (κ3) is 3.65. The van der Waals surface area contributed by atoms with Crippen molar-refractivity contribution in [2.45, 2.75) is 11.3 Å². The van der Waals surface area contributed by atoms with Crippen molar-refractivity contribution in [2.75, 3.05) is 18.1 Å². The Morgan fingerprint density at radius 1 is 1.63 bits per heavy atom. The zero-order valence-corrected chi connectivity index (χ0v) is 12.7. The van der Waals surface area contributed by atoms with E-state index in [1.54, 1.807) is 6.07 Å². The van der Waals surface area contributed by atoms with Crippen LogP contribution in [0, 0.1) is 5.92 Å². The monoisotopic (exact) mass is 317 g/mol. The molecule has 0 saturated carbocycles. The van der Waals surface area contributed by atoms with Crippen molar-refractivity contribution < 1.29 is 8.42 Å². The molecule has 0 aliphatic carbocycles. The fourth-order valence-electron chi connectivity index (χ4n) is 1.84. The van der Waals surface area contributed by atoms with E-state index in [2.05, 4.69) is 9.71 Å². The van der Waals surface area contributed by atoms with Gasteiger partial charge in [0.25, 0.3) is 0 Å². The molecule has 2 heterocycles. The molecule has 0 bridgehead atoms. The van der Waals surface area contributed by atoms with E-state index in [1.807, 2.05) is 11.8 Å². The lowest BCUT2D eigenvalue weighted by Crippen LogP contribution is -2.31. The Morgan fingerprint density at radius 3 is 3.05 bits per heavy atom. The fraction of sp³-hybridized carbons (Fsp3) is 0.455. The van der Waals surface area contributed by atoms with Gasteiger partial charge in [-0.1, -0.05) is 12.2 Å². The molecule has 2 rings (SSSR count). The standard InChI is InChI=1S/C11H15N3O2S3/c12-11(17)10-9(2-1-4-13-10)19(15,16)14-6-8-3-5-18-7-8/h1-2,4,8,14H,3,5-7H2,(H2,12,17). The van der Waals surface area contributed by atoms with Crippen LogP contribution in [0.2, 0.25) is 0 Å². The van der Waals surface area contributed by atoms with Crippen molar-refractivity contribution >= 4 is 39.0 Å². The van der Waals surface area contributed by atoms with Crippen LogP contribution in [-0.4, -0.2) is 36.4 Å². The summed E-state index contributed by atoms with van der Waals surface area (Å²) >= 11 is 6.68. The number of nitrogens with zero attached hydrogens (tertiary/aromatic N) is 1. The van der Waals surface area contributed by atoms with Gasteiger partial charge in [-0.15, -0.1) is 0 Å². The molecule has 0 amide bonds. The van der Waals surface area contributed by atoms with Crippen LogP contribution in [0.1, 0.15) is 12.1 Å². The van der Waals surface area contributed by atoms with Gasteiger partial charge < -0.3 is 5.73 Å². The Kier molecular flexibility index (Phi) is 4.77. The summed E-state index contributed by atoms with van der Waals surface area (Å²) in [5.74, 6) is 2.49. The molecule has 3 N–H and O–H groups in total. The van der Waals surface area contributed by atoms with E-state index in [9.17, 15) is 8.42 Å². The first-order chi connectivity index (χ1) is 9.00. The minimum Gasteiger partial charge on any atom is -0.388 e. The Labute approximate surface area is 122 Å². The van der Waals surface area contributed by atoms with Crippen LogP contribution in [0.4, 0.5) is 0 Å². The molecule has 0 aromatic carbocycles. The highest BCUT2D eigenvalue weighted by molar-refractivity contribution is 7.99. The van der Waals surface area contributed by atoms with Gasteiger partial charge in [-0.2, -0.15) is 11.8 Å². The third-order valence-corrected chi connectivity index (χ3v) is 5.76. The first-order valence-corrected chi connectivity index (χ1v) is 8.87. The van der Waals surface area contributed by atoms with Gasteiger partial charge in [0, 0.05) is 12.7 Å². The first-order valence-electron chi connectivity index (χ1n) is 5.83. The largest absolute Gasteiger partial charge is 0.388 e. The van der Waals surface area contributed by atoms with Crippen LogP contribution in [0.25, 0.3) is 0 Å². The molecule has 1 aromatic rings. The molecular weight excluding hydrogens is 302 g/mol. The number of rotatable bonds is 5. The second kappa shape index (κ2) is 6.17. The topological polar surface area (TPSA) is 85.1 Å². The number of nitrogens with two attached hydrogens (primary N) is 1. The van der Waals surface area contributed by atoms with Crippen LogP contribution in [0.15, 0.2) is 23.2 Å². The van der Waals surface area contributed by atoms with Gasteiger partial charge in [0.1, 0.15) is 15.6 Å². The van der Waals surface area contributed by atoms with Crippen molar-refractivity contribution in [1.29, 1.82) is 0 Å². The number of hydrogen-bond donors (Lipinski definition) is 2.